The van der Waals surface area contributed by atoms with Crippen LogP contribution in [0.2, 0.25) is 0 Å². The third-order valence-corrected chi connectivity index (χ3v) is 7.21. The van der Waals surface area contributed by atoms with Crippen molar-refractivity contribution in [1.82, 2.24) is 24.4 Å². The molecule has 2 aliphatic rings. The Kier molecular flexibility index (Phi) is 7.28. The number of aryl methyl sites for hydroxylation is 1. The van der Waals surface area contributed by atoms with Crippen molar-refractivity contribution in [2.24, 2.45) is 0 Å². The molecule has 2 N–H and O–H groups in total. The summed E-state index contributed by atoms with van der Waals surface area (Å²) in [5.74, 6) is 1.29. The lowest BCUT2D eigenvalue weighted by Gasteiger charge is -2.36. The largest absolute Gasteiger partial charge is 0.484 e. The minimum absolute atomic E-state index is 0.113. The molecule has 37 heavy (non-hydrogen) atoms. The first kappa shape index (κ1) is 25.4. The van der Waals surface area contributed by atoms with Crippen LogP contribution in [0.1, 0.15) is 44.0 Å². The molecule has 8 nitrogen and oxygen atoms in total. The quantitative estimate of drug-likeness (QED) is 0.485. The normalized spacial score (nSPS) is 20.3. The van der Waals surface area contributed by atoms with E-state index in [0.717, 1.165) is 43.3 Å². The number of nitrogens with two attached hydrogens (primary N) is 1. The van der Waals surface area contributed by atoms with Gasteiger partial charge in [0.05, 0.1) is 24.3 Å². The van der Waals surface area contributed by atoms with Gasteiger partial charge >= 0.3 is 0 Å². The van der Waals surface area contributed by atoms with E-state index in [1.54, 1.807) is 19.1 Å². The minimum atomic E-state index is -1.16. The van der Waals surface area contributed by atoms with Crippen molar-refractivity contribution >= 4 is 11.6 Å². The average Bonchev–Trinajstić information content (AvgIpc) is 3.24. The highest BCUT2D eigenvalue weighted by Gasteiger charge is 2.36. The number of hydrogen-bond donors (Lipinski definition) is 1. The number of piperidine rings is 1. The molecule has 10 heteroatoms. The molecule has 3 aromatic rings. The van der Waals surface area contributed by atoms with E-state index in [4.69, 9.17) is 15.5 Å². The fraction of sp³-hybridized carbons (Fsp3) is 0.519. The van der Waals surface area contributed by atoms with Gasteiger partial charge in [0.2, 0.25) is 5.75 Å². The van der Waals surface area contributed by atoms with Crippen LogP contribution >= 0.6 is 0 Å². The van der Waals surface area contributed by atoms with Gasteiger partial charge < -0.3 is 24.8 Å². The lowest BCUT2D eigenvalue weighted by atomic mass is 9.93. The number of anilines is 2. The molecular weight excluding hydrogens is 476 g/mol. The summed E-state index contributed by atoms with van der Waals surface area (Å²) in [6, 6.07) is 5.00. The summed E-state index contributed by atoms with van der Waals surface area (Å²) < 4.78 is 37.7. The number of ether oxygens (including phenoxy) is 1. The number of alkyl halides is 1. The second-order valence-electron chi connectivity index (χ2n) is 10.3. The molecule has 0 unspecified atom stereocenters. The van der Waals surface area contributed by atoms with Crippen LogP contribution in [-0.2, 0) is 6.54 Å². The van der Waals surface area contributed by atoms with Crippen molar-refractivity contribution in [2.45, 2.75) is 58.4 Å². The lowest BCUT2D eigenvalue weighted by Crippen LogP contribution is -2.43. The predicted molar refractivity (Wildman–Crippen MR) is 140 cm³/mol. The van der Waals surface area contributed by atoms with E-state index in [-0.39, 0.29) is 30.2 Å². The number of benzene rings is 1. The summed E-state index contributed by atoms with van der Waals surface area (Å²) in [6.07, 6.45) is 3.88. The Bertz CT molecular complexity index is 1240. The van der Waals surface area contributed by atoms with Crippen LogP contribution in [0.5, 0.6) is 5.75 Å². The van der Waals surface area contributed by atoms with Gasteiger partial charge in [-0.2, -0.15) is 0 Å². The zero-order valence-electron chi connectivity index (χ0n) is 21.7. The Morgan fingerprint density at radius 1 is 1.16 bits per heavy atom. The van der Waals surface area contributed by atoms with E-state index < -0.39 is 6.17 Å². The standard InChI is InChI=1S/C27H35F2N7O/c1-17(2)37-24-25(30)31-16-32-27(24)35-10-7-20(22(29)14-35)26-33-23(19-5-6-21(28)18(3)13-19)15-36(26)12-11-34-8-4-9-34/h5-6,13,15-17,20,22H,4,7-12,14H2,1-3H3,(H2,30,31,32)/t20-,22+/m1/s1. The lowest BCUT2D eigenvalue weighted by molar-refractivity contribution is 0.172. The molecule has 0 radical (unpaired) electrons. The molecule has 0 amide bonds. The molecule has 2 fully saturated rings. The number of aromatic nitrogens is 4. The van der Waals surface area contributed by atoms with Crippen LogP contribution in [0.25, 0.3) is 11.3 Å². The highest BCUT2D eigenvalue weighted by Crippen LogP contribution is 2.38. The van der Waals surface area contributed by atoms with Gasteiger partial charge in [-0.05, 0) is 70.5 Å². The van der Waals surface area contributed by atoms with E-state index in [1.807, 2.05) is 24.9 Å². The summed E-state index contributed by atoms with van der Waals surface area (Å²) >= 11 is 0. The Balaban J connectivity index is 1.40. The zero-order valence-corrected chi connectivity index (χ0v) is 21.7. The Morgan fingerprint density at radius 2 is 1.97 bits per heavy atom. The zero-order chi connectivity index (χ0) is 26.1. The van der Waals surface area contributed by atoms with Crippen molar-refractivity contribution < 1.29 is 13.5 Å². The molecule has 0 aliphatic carbocycles. The predicted octanol–water partition coefficient (Wildman–Crippen LogP) is 4.19. The minimum Gasteiger partial charge on any atom is -0.484 e. The molecule has 2 aromatic heterocycles. The summed E-state index contributed by atoms with van der Waals surface area (Å²) in [7, 11) is 0. The van der Waals surface area contributed by atoms with Crippen LogP contribution < -0.4 is 15.4 Å². The maximum Gasteiger partial charge on any atom is 0.204 e. The summed E-state index contributed by atoms with van der Waals surface area (Å²) in [5.41, 5.74) is 8.21. The molecule has 0 saturated carbocycles. The van der Waals surface area contributed by atoms with Crippen molar-refractivity contribution in [2.75, 3.05) is 43.4 Å². The fourth-order valence-electron chi connectivity index (χ4n) is 5.04. The van der Waals surface area contributed by atoms with Crippen LogP contribution in [-0.4, -0.2) is 69.4 Å². The third kappa shape index (κ3) is 5.39. The topological polar surface area (TPSA) is 85.3 Å². The van der Waals surface area contributed by atoms with Crippen molar-refractivity contribution in [3.63, 3.8) is 0 Å². The van der Waals surface area contributed by atoms with E-state index in [2.05, 4.69) is 19.4 Å². The van der Waals surface area contributed by atoms with Gasteiger partial charge in [-0.15, -0.1) is 0 Å². The van der Waals surface area contributed by atoms with Crippen LogP contribution in [0.3, 0.4) is 0 Å². The highest BCUT2D eigenvalue weighted by atomic mass is 19.1. The second kappa shape index (κ2) is 10.6. The number of rotatable bonds is 8. The molecule has 1 aromatic carbocycles. The third-order valence-electron chi connectivity index (χ3n) is 7.21. The first-order valence-electron chi connectivity index (χ1n) is 13.0. The van der Waals surface area contributed by atoms with Crippen molar-refractivity contribution in [3.05, 3.63) is 47.9 Å². The molecule has 4 heterocycles. The number of halogens is 2. The molecular formula is C27H35F2N7O. The number of likely N-dealkylation sites (tertiary alicyclic amines) is 1. The number of nitrogens with zero attached hydrogens (tertiary/aromatic N) is 6. The number of imidazole rings is 1. The van der Waals surface area contributed by atoms with Crippen molar-refractivity contribution in [3.8, 4) is 17.0 Å². The smallest absolute Gasteiger partial charge is 0.204 e. The maximum atomic E-state index is 15.9. The molecule has 2 aliphatic heterocycles. The van der Waals surface area contributed by atoms with Crippen LogP contribution in [0.15, 0.2) is 30.7 Å². The fourth-order valence-corrected chi connectivity index (χ4v) is 5.04. The van der Waals surface area contributed by atoms with Crippen LogP contribution in [0.4, 0.5) is 20.4 Å². The van der Waals surface area contributed by atoms with Gasteiger partial charge in [0.25, 0.3) is 0 Å². The van der Waals surface area contributed by atoms with Gasteiger partial charge in [0.1, 0.15) is 24.1 Å². The summed E-state index contributed by atoms with van der Waals surface area (Å²) in [5, 5.41) is 0. The highest BCUT2D eigenvalue weighted by molar-refractivity contribution is 5.63. The molecule has 198 valence electrons. The number of nitrogen functional groups attached to an aromatic ring is 1. The van der Waals surface area contributed by atoms with Crippen LogP contribution in [0, 0.1) is 12.7 Å². The molecule has 2 atom stereocenters. The second-order valence-corrected chi connectivity index (χ2v) is 10.3. The van der Waals surface area contributed by atoms with Crippen molar-refractivity contribution in [1.29, 1.82) is 0 Å². The molecule has 0 spiro atoms. The number of hydrogen-bond acceptors (Lipinski definition) is 7. The monoisotopic (exact) mass is 511 g/mol. The first-order valence-corrected chi connectivity index (χ1v) is 13.0. The van der Waals surface area contributed by atoms with E-state index in [0.29, 0.717) is 30.1 Å². The first-order chi connectivity index (χ1) is 17.8. The Labute approximate surface area is 216 Å². The van der Waals surface area contributed by atoms with E-state index in [9.17, 15) is 4.39 Å². The molecule has 5 rings (SSSR count). The summed E-state index contributed by atoms with van der Waals surface area (Å²) in [6.45, 7) is 10.1. The summed E-state index contributed by atoms with van der Waals surface area (Å²) in [4.78, 5) is 17.6. The Hall–Kier alpha value is -3.27. The Morgan fingerprint density at radius 3 is 2.65 bits per heavy atom. The average molecular weight is 512 g/mol. The van der Waals surface area contributed by atoms with Gasteiger partial charge in [0.15, 0.2) is 11.6 Å². The molecule has 0 bridgehead atoms. The SMILES string of the molecule is Cc1cc(-c2cn(CCN3CCC3)c([C@@H]3CCN(c4ncnc(N)c4OC(C)C)C[C@@H]3F)n2)ccc1F. The van der Waals surface area contributed by atoms with E-state index >= 15 is 4.39 Å². The van der Waals surface area contributed by atoms with Gasteiger partial charge in [0, 0.05) is 31.4 Å². The van der Waals surface area contributed by atoms with Gasteiger partial charge in [-0.3, -0.25) is 0 Å². The van der Waals surface area contributed by atoms with Gasteiger partial charge in [-0.25, -0.2) is 23.7 Å². The maximum absolute atomic E-state index is 15.9. The van der Waals surface area contributed by atoms with Gasteiger partial charge in [-0.1, -0.05) is 0 Å². The van der Waals surface area contributed by atoms with E-state index in [1.165, 1.54) is 18.8 Å². The molecule has 2 saturated heterocycles.